The highest BCUT2D eigenvalue weighted by molar-refractivity contribution is 7.99. The summed E-state index contributed by atoms with van der Waals surface area (Å²) in [6.07, 6.45) is 2.43. The Labute approximate surface area is 96.9 Å². The van der Waals surface area contributed by atoms with Crippen molar-refractivity contribution in [3.8, 4) is 0 Å². The molecule has 0 aromatic carbocycles. The summed E-state index contributed by atoms with van der Waals surface area (Å²) in [5, 5.41) is 14.3. The first kappa shape index (κ1) is 12.3. The van der Waals surface area contributed by atoms with Crippen LogP contribution < -0.4 is 0 Å². The molecule has 7 heteroatoms. The summed E-state index contributed by atoms with van der Waals surface area (Å²) in [5.41, 5.74) is 0. The van der Waals surface area contributed by atoms with E-state index in [-0.39, 0.29) is 10.8 Å². The predicted octanol–water partition coefficient (Wildman–Crippen LogP) is 2.59. The molecule has 0 atom stereocenters. The topological polar surface area (TPSA) is 61.0 Å². The average molecular weight is 250 g/mol. The number of nitro groups is 1. The quantitative estimate of drug-likeness (QED) is 0.442. The highest BCUT2D eigenvalue weighted by Gasteiger charge is 2.18. The van der Waals surface area contributed by atoms with Gasteiger partial charge in [-0.3, -0.25) is 0 Å². The van der Waals surface area contributed by atoms with Gasteiger partial charge in [0.15, 0.2) is 5.02 Å². The summed E-state index contributed by atoms with van der Waals surface area (Å²) in [5.74, 6) is 1.85. The van der Waals surface area contributed by atoms with Gasteiger partial charge >= 0.3 is 5.82 Å². The van der Waals surface area contributed by atoms with Gasteiger partial charge in [-0.25, -0.2) is 0 Å². The Morgan fingerprint density at radius 3 is 3.00 bits per heavy atom. The lowest BCUT2D eigenvalue weighted by Crippen LogP contribution is -2.00. The van der Waals surface area contributed by atoms with Gasteiger partial charge in [-0.2, -0.15) is 16.4 Å². The Morgan fingerprint density at radius 1 is 1.73 bits per heavy atom. The molecule has 0 unspecified atom stereocenters. The molecule has 0 aliphatic carbocycles. The van der Waals surface area contributed by atoms with E-state index < -0.39 is 4.92 Å². The minimum Gasteiger partial charge on any atom is -0.358 e. The standard InChI is InChI=1S/C8H12ClN3O2S/c1-2-15-5-3-4-11-6-7(9)8(10-11)12(13)14/h6H,2-5H2,1H3. The van der Waals surface area contributed by atoms with Crippen LogP contribution in [0.1, 0.15) is 13.3 Å². The average Bonchev–Trinajstić information content (AvgIpc) is 2.55. The van der Waals surface area contributed by atoms with Crippen molar-refractivity contribution in [2.45, 2.75) is 19.9 Å². The van der Waals surface area contributed by atoms with Gasteiger partial charge < -0.3 is 10.1 Å². The van der Waals surface area contributed by atoms with Gasteiger partial charge in [-0.15, -0.1) is 0 Å². The normalized spacial score (nSPS) is 10.5. The van der Waals surface area contributed by atoms with Crippen LogP contribution in [0, 0.1) is 10.1 Å². The van der Waals surface area contributed by atoms with Crippen LogP contribution in [0.2, 0.25) is 5.02 Å². The summed E-state index contributed by atoms with van der Waals surface area (Å²) in [6, 6.07) is 0. The molecule has 0 spiro atoms. The lowest BCUT2D eigenvalue weighted by Gasteiger charge is -1.96. The molecule has 0 radical (unpaired) electrons. The van der Waals surface area contributed by atoms with E-state index in [0.29, 0.717) is 6.54 Å². The van der Waals surface area contributed by atoms with Crippen molar-refractivity contribution in [3.63, 3.8) is 0 Å². The number of halogens is 1. The maximum Gasteiger partial charge on any atom is 0.408 e. The molecule has 1 aromatic rings. The van der Waals surface area contributed by atoms with E-state index in [1.165, 1.54) is 10.9 Å². The predicted molar refractivity (Wildman–Crippen MR) is 61.5 cm³/mol. The van der Waals surface area contributed by atoms with E-state index in [2.05, 4.69) is 12.0 Å². The van der Waals surface area contributed by atoms with E-state index in [9.17, 15) is 10.1 Å². The lowest BCUT2D eigenvalue weighted by atomic mass is 10.5. The fourth-order valence-corrected chi connectivity index (χ4v) is 1.94. The van der Waals surface area contributed by atoms with Crippen molar-refractivity contribution in [2.24, 2.45) is 0 Å². The van der Waals surface area contributed by atoms with E-state index in [1.807, 2.05) is 11.8 Å². The van der Waals surface area contributed by atoms with Crippen molar-refractivity contribution in [2.75, 3.05) is 11.5 Å². The van der Waals surface area contributed by atoms with Crippen molar-refractivity contribution in [1.82, 2.24) is 9.78 Å². The minimum atomic E-state index is -0.570. The van der Waals surface area contributed by atoms with Crippen LogP contribution >= 0.6 is 23.4 Å². The van der Waals surface area contributed by atoms with Crippen LogP contribution in [0.4, 0.5) is 5.82 Å². The number of nitrogens with zero attached hydrogens (tertiary/aromatic N) is 3. The van der Waals surface area contributed by atoms with Crippen molar-refractivity contribution in [1.29, 1.82) is 0 Å². The van der Waals surface area contributed by atoms with Gasteiger partial charge in [0, 0.05) is 0 Å². The Balaban J connectivity index is 2.48. The molecule has 1 aromatic heterocycles. The molecule has 0 N–H and O–H groups in total. The zero-order valence-corrected chi connectivity index (χ0v) is 9.92. The van der Waals surface area contributed by atoms with Gasteiger partial charge in [0.05, 0.1) is 17.8 Å². The molecular weight excluding hydrogens is 238 g/mol. The molecule has 0 saturated heterocycles. The van der Waals surface area contributed by atoms with Crippen LogP contribution in [0.25, 0.3) is 0 Å². The molecule has 84 valence electrons. The van der Waals surface area contributed by atoms with Gasteiger partial charge in [0.1, 0.15) is 0 Å². The van der Waals surface area contributed by atoms with Crippen molar-refractivity contribution < 1.29 is 4.92 Å². The molecule has 1 rings (SSSR count). The fraction of sp³-hybridized carbons (Fsp3) is 0.625. The first-order valence-electron chi connectivity index (χ1n) is 4.60. The third-order valence-corrected chi connectivity index (χ3v) is 3.00. The summed E-state index contributed by atoms with van der Waals surface area (Å²) in [6.45, 7) is 2.76. The zero-order valence-electron chi connectivity index (χ0n) is 8.35. The summed E-state index contributed by atoms with van der Waals surface area (Å²) >= 11 is 7.49. The van der Waals surface area contributed by atoms with Crippen LogP contribution in [-0.2, 0) is 6.54 Å². The second kappa shape index (κ2) is 5.97. The molecule has 1 heterocycles. The number of hydrogen-bond acceptors (Lipinski definition) is 4. The van der Waals surface area contributed by atoms with E-state index in [1.54, 1.807) is 0 Å². The molecule has 15 heavy (non-hydrogen) atoms. The fourth-order valence-electron chi connectivity index (χ4n) is 1.10. The van der Waals surface area contributed by atoms with Gasteiger partial charge in [0.25, 0.3) is 0 Å². The Kier molecular flexibility index (Phi) is 4.90. The molecule has 5 nitrogen and oxygen atoms in total. The van der Waals surface area contributed by atoms with Crippen LogP contribution in [-0.4, -0.2) is 26.2 Å². The number of hydrogen-bond donors (Lipinski definition) is 0. The van der Waals surface area contributed by atoms with Crippen molar-refractivity contribution in [3.05, 3.63) is 21.3 Å². The third kappa shape index (κ3) is 3.71. The van der Waals surface area contributed by atoms with E-state index >= 15 is 0 Å². The number of thioether (sulfide) groups is 1. The summed E-state index contributed by atoms with van der Waals surface area (Å²) in [4.78, 5) is 9.88. The first-order valence-corrected chi connectivity index (χ1v) is 6.13. The molecule has 0 bridgehead atoms. The smallest absolute Gasteiger partial charge is 0.358 e. The largest absolute Gasteiger partial charge is 0.408 e. The number of aromatic nitrogens is 2. The van der Waals surface area contributed by atoms with Crippen LogP contribution in [0.3, 0.4) is 0 Å². The third-order valence-electron chi connectivity index (χ3n) is 1.75. The Hall–Kier alpha value is -0.750. The van der Waals surface area contributed by atoms with Gasteiger partial charge in [0.2, 0.25) is 0 Å². The van der Waals surface area contributed by atoms with Gasteiger partial charge in [-0.05, 0) is 22.8 Å². The monoisotopic (exact) mass is 249 g/mol. The summed E-state index contributed by atoms with van der Waals surface area (Å²) in [7, 11) is 0. The van der Waals surface area contributed by atoms with Crippen LogP contribution in [0.15, 0.2) is 6.20 Å². The molecule has 0 fully saturated rings. The first-order chi connectivity index (χ1) is 7.15. The summed E-state index contributed by atoms with van der Waals surface area (Å²) < 4.78 is 1.52. The second-order valence-electron chi connectivity index (χ2n) is 2.87. The van der Waals surface area contributed by atoms with Crippen molar-refractivity contribution >= 4 is 29.2 Å². The highest BCUT2D eigenvalue weighted by atomic mass is 35.5. The minimum absolute atomic E-state index is 0.100. The Bertz CT molecular complexity index is 343. The van der Waals surface area contributed by atoms with E-state index in [0.717, 1.165) is 17.9 Å². The Morgan fingerprint density at radius 2 is 2.47 bits per heavy atom. The van der Waals surface area contributed by atoms with Gasteiger partial charge in [-0.1, -0.05) is 18.5 Å². The molecule has 0 saturated carbocycles. The molecular formula is C8H12ClN3O2S. The second-order valence-corrected chi connectivity index (χ2v) is 4.67. The van der Waals surface area contributed by atoms with E-state index in [4.69, 9.17) is 11.6 Å². The highest BCUT2D eigenvalue weighted by Crippen LogP contribution is 2.21. The number of rotatable bonds is 6. The molecule has 0 aliphatic heterocycles. The molecule has 0 amide bonds. The van der Waals surface area contributed by atoms with Crippen LogP contribution in [0.5, 0.6) is 0 Å². The lowest BCUT2D eigenvalue weighted by molar-refractivity contribution is -0.389. The zero-order chi connectivity index (χ0) is 11.3. The maximum absolute atomic E-state index is 10.5. The number of aryl methyl sites for hydroxylation is 1. The maximum atomic E-state index is 10.5. The SMILES string of the molecule is CCSCCCn1cc(Cl)c([N+](=O)[O-])n1. The molecule has 0 aliphatic rings.